The molecule has 0 radical (unpaired) electrons. The van der Waals surface area contributed by atoms with E-state index < -0.39 is 17.8 Å². The number of amides is 2. The van der Waals surface area contributed by atoms with Gasteiger partial charge in [0.15, 0.2) is 11.5 Å². The highest BCUT2D eigenvalue weighted by molar-refractivity contribution is 7.98. The van der Waals surface area contributed by atoms with E-state index in [9.17, 15) is 22.8 Å². The van der Waals surface area contributed by atoms with Crippen LogP contribution in [0.25, 0.3) is 5.82 Å². The van der Waals surface area contributed by atoms with Gasteiger partial charge in [-0.1, -0.05) is 22.9 Å². The van der Waals surface area contributed by atoms with Crippen LogP contribution in [0.1, 0.15) is 50.3 Å². The predicted octanol–water partition coefficient (Wildman–Crippen LogP) is 4.93. The molecule has 1 aromatic carbocycles. The predicted molar refractivity (Wildman–Crippen MR) is 150 cm³/mol. The molecule has 0 bridgehead atoms. The minimum atomic E-state index is -4.66. The fourth-order valence-electron chi connectivity index (χ4n) is 4.12. The van der Waals surface area contributed by atoms with E-state index in [0.717, 1.165) is 16.4 Å². The number of carbonyl (C=O) groups excluding carboxylic acids is 2. The summed E-state index contributed by atoms with van der Waals surface area (Å²) in [6, 6.07) is 7.96. The van der Waals surface area contributed by atoms with Crippen LogP contribution in [0.3, 0.4) is 0 Å². The Labute approximate surface area is 242 Å². The summed E-state index contributed by atoms with van der Waals surface area (Å²) in [6.07, 6.45) is -0.521. The number of aromatic nitrogens is 6. The Kier molecular flexibility index (Phi) is 9.02. The van der Waals surface area contributed by atoms with Crippen LogP contribution < -0.4 is 10.6 Å². The lowest BCUT2D eigenvalue weighted by atomic mass is 10.0. The van der Waals surface area contributed by atoms with Crippen LogP contribution in [-0.2, 0) is 12.7 Å². The standard InChI is InChI=1S/C26H26ClF3N8O2S/c1-14-8-15(2)22(18(9-14)24(39)32-16(3)13-41-4)33-25(40)20-10-17(11-37-12-21(34-36-37)26(28,29)30)35-38(20)23-19(27)6-5-7-31-23/h5-10,12,16H,11,13H2,1-4H3,(H,32,39)(H,33,40)/t16-/m0/s1. The first-order chi connectivity index (χ1) is 19.4. The number of hydrogen-bond acceptors (Lipinski definition) is 7. The van der Waals surface area contributed by atoms with Gasteiger partial charge >= 0.3 is 6.18 Å². The Morgan fingerprint density at radius 1 is 1.17 bits per heavy atom. The number of benzene rings is 1. The molecule has 1 atom stereocenters. The Hall–Kier alpha value is -3.91. The maximum atomic E-state index is 13.7. The summed E-state index contributed by atoms with van der Waals surface area (Å²) in [7, 11) is 0. The molecule has 3 aromatic heterocycles. The number of anilines is 1. The lowest BCUT2D eigenvalue weighted by Crippen LogP contribution is -2.35. The molecule has 4 rings (SSSR count). The maximum absolute atomic E-state index is 13.7. The summed E-state index contributed by atoms with van der Waals surface area (Å²) in [4.78, 5) is 31.1. The highest BCUT2D eigenvalue weighted by Crippen LogP contribution is 2.28. The molecule has 0 aliphatic heterocycles. The Morgan fingerprint density at radius 3 is 2.59 bits per heavy atom. The third kappa shape index (κ3) is 7.06. The highest BCUT2D eigenvalue weighted by Gasteiger charge is 2.34. The van der Waals surface area contributed by atoms with Crippen molar-refractivity contribution >= 4 is 40.9 Å². The van der Waals surface area contributed by atoms with E-state index in [4.69, 9.17) is 11.6 Å². The zero-order valence-corrected chi connectivity index (χ0v) is 24.0. The summed E-state index contributed by atoms with van der Waals surface area (Å²) in [5, 5.41) is 17.0. The van der Waals surface area contributed by atoms with Gasteiger partial charge in [0, 0.05) is 18.0 Å². The van der Waals surface area contributed by atoms with Gasteiger partial charge in [0.1, 0.15) is 5.69 Å². The monoisotopic (exact) mass is 606 g/mol. The Balaban J connectivity index is 1.71. The number of pyridine rings is 1. The Morgan fingerprint density at radius 2 is 1.93 bits per heavy atom. The summed E-state index contributed by atoms with van der Waals surface area (Å²) < 4.78 is 41.2. The first-order valence-corrected chi connectivity index (χ1v) is 14.0. The van der Waals surface area contributed by atoms with E-state index in [1.165, 1.54) is 16.9 Å². The third-order valence-electron chi connectivity index (χ3n) is 5.84. The number of nitrogens with one attached hydrogen (secondary N) is 2. The van der Waals surface area contributed by atoms with E-state index in [0.29, 0.717) is 17.0 Å². The molecule has 0 fully saturated rings. The molecule has 216 valence electrons. The summed E-state index contributed by atoms with van der Waals surface area (Å²) >= 11 is 7.93. The second kappa shape index (κ2) is 12.3. The van der Waals surface area contributed by atoms with Crippen molar-refractivity contribution in [1.29, 1.82) is 0 Å². The van der Waals surface area contributed by atoms with Crippen molar-refractivity contribution in [2.45, 2.75) is 39.5 Å². The average Bonchev–Trinajstić information content (AvgIpc) is 3.53. The maximum Gasteiger partial charge on any atom is 0.436 e. The van der Waals surface area contributed by atoms with Crippen molar-refractivity contribution < 1.29 is 22.8 Å². The minimum Gasteiger partial charge on any atom is -0.349 e. The quantitative estimate of drug-likeness (QED) is 0.277. The van der Waals surface area contributed by atoms with Gasteiger partial charge in [0.2, 0.25) is 0 Å². The molecule has 15 heteroatoms. The molecular weight excluding hydrogens is 581 g/mol. The van der Waals surface area contributed by atoms with Crippen molar-refractivity contribution in [3.8, 4) is 5.82 Å². The number of alkyl halides is 3. The summed E-state index contributed by atoms with van der Waals surface area (Å²) in [5.41, 5.74) is 1.11. The molecule has 4 aromatic rings. The molecule has 3 heterocycles. The molecule has 0 spiro atoms. The zero-order valence-electron chi connectivity index (χ0n) is 22.5. The van der Waals surface area contributed by atoms with Gasteiger partial charge in [-0.15, -0.1) is 5.10 Å². The summed E-state index contributed by atoms with van der Waals surface area (Å²) in [6.45, 7) is 5.29. The van der Waals surface area contributed by atoms with E-state index in [2.05, 4.69) is 31.0 Å². The van der Waals surface area contributed by atoms with Crippen LogP contribution in [0.15, 0.2) is 42.7 Å². The number of thioether (sulfide) groups is 1. The SMILES string of the molecule is CSC[C@H](C)NC(=O)c1cc(C)cc(C)c1NC(=O)c1cc(Cn2cc(C(F)(F)F)nn2)nn1-c1ncccc1Cl. The van der Waals surface area contributed by atoms with Crippen molar-refractivity contribution in [3.63, 3.8) is 0 Å². The molecular formula is C26H26ClF3N8O2S. The van der Waals surface area contributed by atoms with Gasteiger partial charge in [-0.2, -0.15) is 30.0 Å². The number of carbonyl (C=O) groups is 2. The van der Waals surface area contributed by atoms with E-state index in [-0.39, 0.29) is 46.3 Å². The lowest BCUT2D eigenvalue weighted by Gasteiger charge is -2.18. The van der Waals surface area contributed by atoms with E-state index in [1.807, 2.05) is 26.2 Å². The van der Waals surface area contributed by atoms with Gasteiger partial charge in [0.25, 0.3) is 11.8 Å². The molecule has 41 heavy (non-hydrogen) atoms. The van der Waals surface area contributed by atoms with E-state index >= 15 is 0 Å². The molecule has 2 amide bonds. The number of nitrogens with zero attached hydrogens (tertiary/aromatic N) is 6. The fourth-order valence-corrected chi connectivity index (χ4v) is 4.90. The normalized spacial score (nSPS) is 12.3. The molecule has 0 aliphatic carbocycles. The third-order valence-corrected chi connectivity index (χ3v) is 6.97. The first-order valence-electron chi connectivity index (χ1n) is 12.3. The van der Waals surface area contributed by atoms with Crippen LogP contribution in [-0.4, -0.2) is 59.6 Å². The largest absolute Gasteiger partial charge is 0.436 e. The van der Waals surface area contributed by atoms with Crippen molar-refractivity contribution in [2.75, 3.05) is 17.3 Å². The Bertz CT molecular complexity index is 1590. The molecule has 0 saturated carbocycles. The minimum absolute atomic E-state index is 0.0150. The van der Waals surface area contributed by atoms with E-state index in [1.54, 1.807) is 36.9 Å². The molecule has 0 unspecified atom stereocenters. The second-order valence-electron chi connectivity index (χ2n) is 9.33. The topological polar surface area (TPSA) is 120 Å². The molecule has 0 saturated heterocycles. The van der Waals surface area contributed by atoms with Crippen molar-refractivity contribution in [3.05, 3.63) is 81.5 Å². The number of rotatable bonds is 9. The number of hydrogen-bond donors (Lipinski definition) is 2. The van der Waals surface area contributed by atoms with Gasteiger partial charge in [0.05, 0.1) is 34.7 Å². The lowest BCUT2D eigenvalue weighted by molar-refractivity contribution is -0.141. The molecule has 0 aliphatic rings. The number of halogens is 4. The fraction of sp³-hybridized carbons (Fsp3) is 0.308. The van der Waals surface area contributed by atoms with Gasteiger partial charge in [-0.25, -0.2) is 14.3 Å². The smallest absolute Gasteiger partial charge is 0.349 e. The first kappa shape index (κ1) is 30.1. The van der Waals surface area contributed by atoms with Gasteiger partial charge in [-0.05, 0) is 62.4 Å². The van der Waals surface area contributed by atoms with Crippen LogP contribution in [0, 0.1) is 13.8 Å². The summed E-state index contributed by atoms with van der Waals surface area (Å²) in [5.74, 6) is -0.147. The second-order valence-corrected chi connectivity index (χ2v) is 10.6. The zero-order chi connectivity index (χ0) is 29.9. The molecule has 2 N–H and O–H groups in total. The van der Waals surface area contributed by atoms with Crippen LogP contribution >= 0.6 is 23.4 Å². The van der Waals surface area contributed by atoms with Crippen LogP contribution in [0.2, 0.25) is 5.02 Å². The molecule has 10 nitrogen and oxygen atoms in total. The van der Waals surface area contributed by atoms with Crippen LogP contribution in [0.4, 0.5) is 18.9 Å². The van der Waals surface area contributed by atoms with Crippen LogP contribution in [0.5, 0.6) is 0 Å². The highest BCUT2D eigenvalue weighted by atomic mass is 35.5. The van der Waals surface area contributed by atoms with Crippen molar-refractivity contribution in [1.82, 2.24) is 35.1 Å². The number of aryl methyl sites for hydroxylation is 2. The van der Waals surface area contributed by atoms with Crippen molar-refractivity contribution in [2.24, 2.45) is 0 Å². The van der Waals surface area contributed by atoms with Gasteiger partial charge in [-0.3, -0.25) is 9.59 Å². The van der Waals surface area contributed by atoms with Gasteiger partial charge < -0.3 is 10.6 Å². The average molecular weight is 607 g/mol.